The molecule has 0 N–H and O–H groups in total. The molecule has 2 heterocycles. The fraction of sp³-hybridized carbons (Fsp3) is 0.500. The maximum Gasteiger partial charge on any atom is 0.243 e. The number of hydrogen-bond acceptors (Lipinski definition) is 3. The van der Waals surface area contributed by atoms with Crippen molar-refractivity contribution in [1.82, 2.24) is 9.21 Å². The van der Waals surface area contributed by atoms with Crippen LogP contribution in [0.3, 0.4) is 0 Å². The van der Waals surface area contributed by atoms with Crippen molar-refractivity contribution in [2.75, 3.05) is 26.2 Å². The van der Waals surface area contributed by atoms with E-state index >= 15 is 0 Å². The maximum absolute atomic E-state index is 13.3. The van der Waals surface area contributed by atoms with E-state index in [4.69, 9.17) is 0 Å². The van der Waals surface area contributed by atoms with Crippen molar-refractivity contribution < 1.29 is 13.2 Å². The average molecular weight is 455 g/mol. The van der Waals surface area contributed by atoms with E-state index < -0.39 is 10.0 Å². The molecule has 4 rings (SSSR count). The Hall–Kier alpha value is -2.18. The summed E-state index contributed by atoms with van der Waals surface area (Å²) < 4.78 is 28.2. The van der Waals surface area contributed by atoms with Gasteiger partial charge in [-0.2, -0.15) is 4.31 Å². The van der Waals surface area contributed by atoms with E-state index in [1.807, 2.05) is 36.9 Å². The number of sulfonamides is 1. The molecule has 0 radical (unpaired) electrons. The van der Waals surface area contributed by atoms with E-state index in [0.29, 0.717) is 23.9 Å². The molecule has 5 nitrogen and oxygen atoms in total. The lowest BCUT2D eigenvalue weighted by molar-refractivity contribution is -0.138. The van der Waals surface area contributed by atoms with Crippen LogP contribution in [0.4, 0.5) is 0 Å². The highest BCUT2D eigenvalue weighted by Gasteiger charge is 2.36. The van der Waals surface area contributed by atoms with Crippen molar-refractivity contribution in [3.8, 4) is 0 Å². The van der Waals surface area contributed by atoms with Gasteiger partial charge in [-0.1, -0.05) is 42.5 Å². The van der Waals surface area contributed by atoms with Gasteiger partial charge in [0.15, 0.2) is 0 Å². The summed E-state index contributed by atoms with van der Waals surface area (Å²) in [5, 5.41) is 0. The largest absolute Gasteiger partial charge is 0.342 e. The number of hydrogen-bond donors (Lipinski definition) is 0. The Morgan fingerprint density at radius 1 is 0.969 bits per heavy atom. The maximum atomic E-state index is 13.3. The molecule has 0 aliphatic carbocycles. The van der Waals surface area contributed by atoms with Crippen molar-refractivity contribution in [2.45, 2.75) is 50.8 Å². The first-order valence-electron chi connectivity index (χ1n) is 11.7. The summed E-state index contributed by atoms with van der Waals surface area (Å²) in [7, 11) is -3.59. The van der Waals surface area contributed by atoms with Crippen LogP contribution in [-0.4, -0.2) is 49.7 Å². The Morgan fingerprint density at radius 3 is 2.41 bits per heavy atom. The van der Waals surface area contributed by atoms with E-state index in [9.17, 15) is 13.2 Å². The summed E-state index contributed by atoms with van der Waals surface area (Å²) in [6.45, 7) is 6.06. The molecule has 1 unspecified atom stereocenters. The Kier molecular flexibility index (Phi) is 7.01. The lowest BCUT2D eigenvalue weighted by Crippen LogP contribution is -2.48. The van der Waals surface area contributed by atoms with Crippen LogP contribution in [0.5, 0.6) is 0 Å². The second kappa shape index (κ2) is 9.75. The predicted molar refractivity (Wildman–Crippen MR) is 127 cm³/mol. The summed E-state index contributed by atoms with van der Waals surface area (Å²) in [6, 6.07) is 16.1. The average Bonchev–Trinajstić information content (AvgIpc) is 2.81. The van der Waals surface area contributed by atoms with Crippen LogP contribution in [0, 0.1) is 25.7 Å². The van der Waals surface area contributed by atoms with Crippen LogP contribution in [-0.2, 0) is 21.2 Å². The van der Waals surface area contributed by atoms with Gasteiger partial charge < -0.3 is 4.90 Å². The number of piperidine rings is 2. The van der Waals surface area contributed by atoms with Gasteiger partial charge >= 0.3 is 0 Å². The monoisotopic (exact) mass is 454 g/mol. The fourth-order valence-corrected chi connectivity index (χ4v) is 6.88. The van der Waals surface area contributed by atoms with E-state index in [-0.39, 0.29) is 11.8 Å². The smallest absolute Gasteiger partial charge is 0.243 e. The van der Waals surface area contributed by atoms with Crippen LogP contribution < -0.4 is 0 Å². The fourth-order valence-electron chi connectivity index (χ4n) is 5.05. The summed E-state index contributed by atoms with van der Waals surface area (Å²) in [5.41, 5.74) is 3.04. The second-order valence-electron chi connectivity index (χ2n) is 9.43. The predicted octanol–water partition coefficient (Wildman–Crippen LogP) is 4.19. The molecule has 2 aromatic rings. The van der Waals surface area contributed by atoms with Gasteiger partial charge in [-0.05, 0) is 74.6 Å². The Labute approximate surface area is 192 Å². The number of carbonyl (C=O) groups excluding carboxylic acids is 1. The molecule has 0 aromatic heterocycles. The first-order chi connectivity index (χ1) is 15.3. The topological polar surface area (TPSA) is 57.7 Å². The second-order valence-corrected chi connectivity index (χ2v) is 11.3. The molecule has 2 fully saturated rings. The van der Waals surface area contributed by atoms with Crippen LogP contribution >= 0.6 is 0 Å². The van der Waals surface area contributed by atoms with Crippen molar-refractivity contribution in [3.63, 3.8) is 0 Å². The molecule has 2 aromatic carbocycles. The van der Waals surface area contributed by atoms with Gasteiger partial charge in [0.05, 0.1) is 10.8 Å². The minimum absolute atomic E-state index is 0.129. The summed E-state index contributed by atoms with van der Waals surface area (Å²) in [4.78, 5) is 15.6. The third-order valence-electron chi connectivity index (χ3n) is 6.99. The van der Waals surface area contributed by atoms with Crippen LogP contribution in [0.25, 0.3) is 0 Å². The highest BCUT2D eigenvalue weighted by Crippen LogP contribution is 2.29. The number of nitrogens with zero attached hydrogens (tertiary/aromatic N) is 2. The summed E-state index contributed by atoms with van der Waals surface area (Å²) >= 11 is 0. The number of carbonyl (C=O) groups is 1. The zero-order valence-corrected chi connectivity index (χ0v) is 20.0. The summed E-state index contributed by atoms with van der Waals surface area (Å²) in [6.07, 6.45) is 4.58. The zero-order chi connectivity index (χ0) is 22.7. The van der Waals surface area contributed by atoms with Crippen molar-refractivity contribution in [1.29, 1.82) is 0 Å². The molecule has 2 saturated heterocycles. The number of rotatable bonds is 5. The van der Waals surface area contributed by atoms with E-state index in [1.54, 1.807) is 6.07 Å². The quantitative estimate of drug-likeness (QED) is 0.681. The molecule has 0 saturated carbocycles. The number of likely N-dealkylation sites (tertiary alicyclic amines) is 1. The molecule has 2 aliphatic rings. The molecular weight excluding hydrogens is 420 g/mol. The number of amides is 1. The molecule has 2 aliphatic heterocycles. The molecule has 172 valence electrons. The van der Waals surface area contributed by atoms with Gasteiger partial charge in [0.25, 0.3) is 0 Å². The highest BCUT2D eigenvalue weighted by atomic mass is 32.2. The third kappa shape index (κ3) is 5.07. The standard InChI is InChI=1S/C26H34N2O3S/c1-20-10-11-21(2)25(17-20)32(30,31)28-14-6-9-24(19-28)26(29)27-15-12-23(13-16-27)18-22-7-4-3-5-8-22/h3-5,7-8,10-11,17,23-24H,6,9,12-16,18-19H2,1-2H3. The summed E-state index contributed by atoms with van der Waals surface area (Å²) in [5.74, 6) is 0.493. The third-order valence-corrected chi connectivity index (χ3v) is 9.00. The minimum Gasteiger partial charge on any atom is -0.342 e. The van der Waals surface area contributed by atoms with Gasteiger partial charge in [0, 0.05) is 26.2 Å². The van der Waals surface area contributed by atoms with E-state index in [0.717, 1.165) is 56.3 Å². The lowest BCUT2D eigenvalue weighted by atomic mass is 9.89. The first kappa shape index (κ1) is 23.0. The zero-order valence-electron chi connectivity index (χ0n) is 19.2. The van der Waals surface area contributed by atoms with E-state index in [1.165, 1.54) is 9.87 Å². The molecule has 0 bridgehead atoms. The van der Waals surface area contributed by atoms with E-state index in [2.05, 4.69) is 24.3 Å². The van der Waals surface area contributed by atoms with Gasteiger partial charge in [0.1, 0.15) is 0 Å². The highest BCUT2D eigenvalue weighted by molar-refractivity contribution is 7.89. The van der Waals surface area contributed by atoms with Crippen molar-refractivity contribution in [3.05, 3.63) is 65.2 Å². The molecule has 6 heteroatoms. The number of aryl methyl sites for hydroxylation is 2. The van der Waals surface area contributed by atoms with Crippen LogP contribution in [0.2, 0.25) is 0 Å². The molecular formula is C26H34N2O3S. The first-order valence-corrected chi connectivity index (χ1v) is 13.2. The van der Waals surface area contributed by atoms with Crippen molar-refractivity contribution in [2.24, 2.45) is 11.8 Å². The van der Waals surface area contributed by atoms with Gasteiger partial charge in [-0.15, -0.1) is 0 Å². The van der Waals surface area contributed by atoms with Gasteiger partial charge in [0.2, 0.25) is 15.9 Å². The Balaban J connectivity index is 1.37. The lowest BCUT2D eigenvalue weighted by Gasteiger charge is -2.37. The van der Waals surface area contributed by atoms with Gasteiger partial charge in [-0.3, -0.25) is 4.79 Å². The SMILES string of the molecule is Cc1ccc(C)c(S(=O)(=O)N2CCCC(C(=O)N3CCC(Cc4ccccc4)CC3)C2)c1. The Bertz CT molecular complexity index is 1040. The number of benzene rings is 2. The normalized spacial score (nSPS) is 20.9. The molecule has 1 amide bonds. The van der Waals surface area contributed by atoms with Crippen LogP contribution in [0.15, 0.2) is 53.4 Å². The molecule has 0 spiro atoms. The van der Waals surface area contributed by atoms with Crippen molar-refractivity contribution >= 4 is 15.9 Å². The Morgan fingerprint density at radius 2 is 1.69 bits per heavy atom. The molecule has 1 atom stereocenters. The minimum atomic E-state index is -3.59. The molecule has 32 heavy (non-hydrogen) atoms. The van der Waals surface area contributed by atoms with Crippen LogP contribution in [0.1, 0.15) is 42.4 Å². The van der Waals surface area contributed by atoms with Gasteiger partial charge in [-0.25, -0.2) is 8.42 Å².